The van der Waals surface area contributed by atoms with E-state index in [0.29, 0.717) is 13.1 Å². The number of nitrogens with one attached hydrogen (secondary N) is 2. The summed E-state index contributed by atoms with van der Waals surface area (Å²) in [5.74, 6) is 0.738. The first-order valence-electron chi connectivity index (χ1n) is 8.41. The zero-order chi connectivity index (χ0) is 17.9. The maximum atomic E-state index is 6.07. The highest BCUT2D eigenvalue weighted by atomic mass is 79.9. The van der Waals surface area contributed by atoms with Crippen molar-refractivity contribution in [2.24, 2.45) is 5.73 Å². The summed E-state index contributed by atoms with van der Waals surface area (Å²) in [5, 5.41) is 6.65. The molecule has 1 aliphatic heterocycles. The number of fused-ring (bicyclic) bond motifs is 1. The first-order valence-corrected chi connectivity index (χ1v) is 9.20. The Kier molecular flexibility index (Phi) is 4.73. The first kappa shape index (κ1) is 16.8. The van der Waals surface area contributed by atoms with Gasteiger partial charge in [0.25, 0.3) is 0 Å². The van der Waals surface area contributed by atoms with Gasteiger partial charge in [-0.15, -0.1) is 0 Å². The van der Waals surface area contributed by atoms with Gasteiger partial charge in [-0.25, -0.2) is 9.97 Å². The Hall–Kier alpha value is -2.64. The molecule has 4 rings (SSSR count). The minimum atomic E-state index is 0.364. The summed E-state index contributed by atoms with van der Waals surface area (Å²) in [6.45, 7) is 1.88. The fourth-order valence-corrected chi connectivity index (χ4v) is 3.53. The molecule has 1 aromatic carbocycles. The standard InChI is InChI=1S/C19H19BrN6/c20-16-12-24-19-18(23-11-13-5-4-8-22-10-13)25-17(15(9-21)26(16)19)14-6-2-1-3-7-14/h1-8,12,22H,9-11,21H2,(H,23,25). The molecular formula is C19H19BrN6. The molecular weight excluding hydrogens is 392 g/mol. The quantitative estimate of drug-likeness (QED) is 0.602. The summed E-state index contributed by atoms with van der Waals surface area (Å²) in [6, 6.07) is 10.1. The second-order valence-corrected chi connectivity index (χ2v) is 6.80. The third kappa shape index (κ3) is 3.11. The third-order valence-electron chi connectivity index (χ3n) is 4.30. The molecule has 3 aromatic rings. The van der Waals surface area contributed by atoms with Crippen molar-refractivity contribution in [1.29, 1.82) is 0 Å². The Morgan fingerprint density at radius 1 is 1.27 bits per heavy atom. The van der Waals surface area contributed by atoms with E-state index >= 15 is 0 Å². The average molecular weight is 411 g/mol. The van der Waals surface area contributed by atoms with Crippen molar-refractivity contribution in [3.05, 3.63) is 70.8 Å². The molecule has 0 saturated carbocycles. The van der Waals surface area contributed by atoms with Gasteiger partial charge < -0.3 is 16.4 Å². The topological polar surface area (TPSA) is 80.3 Å². The molecule has 6 nitrogen and oxygen atoms in total. The van der Waals surface area contributed by atoms with Gasteiger partial charge >= 0.3 is 0 Å². The summed E-state index contributed by atoms with van der Waals surface area (Å²) >= 11 is 3.59. The van der Waals surface area contributed by atoms with E-state index in [9.17, 15) is 0 Å². The molecule has 0 radical (unpaired) electrons. The predicted molar refractivity (Wildman–Crippen MR) is 108 cm³/mol. The number of benzene rings is 1. The molecule has 2 aromatic heterocycles. The van der Waals surface area contributed by atoms with Crippen LogP contribution in [0.2, 0.25) is 0 Å². The van der Waals surface area contributed by atoms with Crippen molar-refractivity contribution >= 4 is 27.4 Å². The Labute approximate surface area is 160 Å². The lowest BCUT2D eigenvalue weighted by atomic mass is 10.1. The number of nitrogens with two attached hydrogens (primary N) is 1. The number of imidazole rings is 1. The molecule has 0 aliphatic carbocycles. The van der Waals surface area contributed by atoms with Gasteiger partial charge in [0, 0.05) is 25.2 Å². The van der Waals surface area contributed by atoms with Crippen LogP contribution < -0.4 is 16.4 Å². The van der Waals surface area contributed by atoms with E-state index < -0.39 is 0 Å². The molecule has 0 atom stereocenters. The number of anilines is 1. The van der Waals surface area contributed by atoms with E-state index in [2.05, 4.69) is 37.6 Å². The zero-order valence-corrected chi connectivity index (χ0v) is 15.7. The summed E-state index contributed by atoms with van der Waals surface area (Å²) in [7, 11) is 0. The Morgan fingerprint density at radius 2 is 2.12 bits per heavy atom. The van der Waals surface area contributed by atoms with Crippen LogP contribution in [0.4, 0.5) is 5.82 Å². The summed E-state index contributed by atoms with van der Waals surface area (Å²) in [6.07, 6.45) is 7.83. The number of hydrogen-bond donors (Lipinski definition) is 3. The number of allylic oxidation sites excluding steroid dienone is 2. The fraction of sp³-hybridized carbons (Fsp3) is 0.158. The second kappa shape index (κ2) is 7.31. The van der Waals surface area contributed by atoms with Gasteiger partial charge in [0.2, 0.25) is 0 Å². The van der Waals surface area contributed by atoms with Gasteiger partial charge in [0.05, 0.1) is 17.6 Å². The highest BCUT2D eigenvalue weighted by molar-refractivity contribution is 9.10. The van der Waals surface area contributed by atoms with Gasteiger partial charge in [-0.3, -0.25) is 4.40 Å². The lowest BCUT2D eigenvalue weighted by molar-refractivity contribution is 0.893. The van der Waals surface area contributed by atoms with Gasteiger partial charge in [-0.05, 0) is 33.8 Å². The normalized spacial score (nSPS) is 13.5. The molecule has 0 spiro atoms. The smallest absolute Gasteiger partial charge is 0.181 e. The average Bonchev–Trinajstić information content (AvgIpc) is 3.09. The van der Waals surface area contributed by atoms with Gasteiger partial charge in [0.1, 0.15) is 4.60 Å². The molecule has 0 saturated heterocycles. The monoisotopic (exact) mass is 410 g/mol. The number of hydrogen-bond acceptors (Lipinski definition) is 5. The first-order chi connectivity index (χ1) is 12.8. The predicted octanol–water partition coefficient (Wildman–Crippen LogP) is 3.07. The molecule has 3 heterocycles. The number of halogens is 1. The Morgan fingerprint density at radius 3 is 2.85 bits per heavy atom. The zero-order valence-electron chi connectivity index (χ0n) is 14.1. The Balaban J connectivity index is 1.82. The Bertz CT molecular complexity index is 990. The van der Waals surface area contributed by atoms with Gasteiger partial charge in [0.15, 0.2) is 11.5 Å². The molecule has 0 bridgehead atoms. The highest BCUT2D eigenvalue weighted by Gasteiger charge is 2.17. The maximum absolute atomic E-state index is 6.07. The summed E-state index contributed by atoms with van der Waals surface area (Å²) in [5.41, 5.74) is 10.9. The van der Waals surface area contributed by atoms with Crippen LogP contribution in [0.3, 0.4) is 0 Å². The highest BCUT2D eigenvalue weighted by Crippen LogP contribution is 2.29. The fourth-order valence-electron chi connectivity index (χ4n) is 3.04. The second-order valence-electron chi connectivity index (χ2n) is 5.98. The van der Waals surface area contributed by atoms with E-state index in [1.54, 1.807) is 6.20 Å². The molecule has 0 fully saturated rings. The third-order valence-corrected chi connectivity index (χ3v) is 4.86. The van der Waals surface area contributed by atoms with E-state index in [1.807, 2.05) is 47.0 Å². The summed E-state index contributed by atoms with van der Waals surface area (Å²) < 4.78 is 2.88. The van der Waals surface area contributed by atoms with Crippen molar-refractivity contribution in [3.8, 4) is 11.3 Å². The van der Waals surface area contributed by atoms with Crippen LogP contribution in [0.15, 0.2) is 65.1 Å². The van der Waals surface area contributed by atoms with Gasteiger partial charge in [-0.1, -0.05) is 36.4 Å². The minimum absolute atomic E-state index is 0.364. The molecule has 0 amide bonds. The van der Waals surface area contributed by atoms with Crippen LogP contribution in [0.1, 0.15) is 5.69 Å². The van der Waals surface area contributed by atoms with Crippen molar-refractivity contribution in [1.82, 2.24) is 19.7 Å². The van der Waals surface area contributed by atoms with Crippen LogP contribution in [0.25, 0.3) is 16.9 Å². The van der Waals surface area contributed by atoms with Crippen LogP contribution in [0, 0.1) is 0 Å². The molecule has 26 heavy (non-hydrogen) atoms. The number of rotatable bonds is 5. The van der Waals surface area contributed by atoms with Crippen molar-refractivity contribution in [2.45, 2.75) is 6.54 Å². The number of nitrogens with zero attached hydrogens (tertiary/aromatic N) is 3. The maximum Gasteiger partial charge on any atom is 0.181 e. The lowest BCUT2D eigenvalue weighted by Gasteiger charge is -2.16. The van der Waals surface area contributed by atoms with E-state index in [0.717, 1.165) is 39.6 Å². The van der Waals surface area contributed by atoms with Crippen LogP contribution in [-0.4, -0.2) is 27.5 Å². The molecule has 1 aliphatic rings. The molecule has 4 N–H and O–H groups in total. The van der Waals surface area contributed by atoms with Crippen LogP contribution >= 0.6 is 15.9 Å². The summed E-state index contributed by atoms with van der Waals surface area (Å²) in [4.78, 5) is 9.39. The minimum Gasteiger partial charge on any atom is -0.387 e. The van der Waals surface area contributed by atoms with Gasteiger partial charge in [-0.2, -0.15) is 0 Å². The SMILES string of the molecule is NCc1c(-c2ccccc2)nc(NCC2=CC=CNC2)c2ncc(Br)n12. The van der Waals surface area contributed by atoms with Crippen molar-refractivity contribution in [3.63, 3.8) is 0 Å². The van der Waals surface area contributed by atoms with Crippen LogP contribution in [-0.2, 0) is 6.54 Å². The van der Waals surface area contributed by atoms with Crippen LogP contribution in [0.5, 0.6) is 0 Å². The van der Waals surface area contributed by atoms with E-state index in [4.69, 9.17) is 10.7 Å². The molecule has 7 heteroatoms. The lowest BCUT2D eigenvalue weighted by Crippen LogP contribution is -2.19. The molecule has 132 valence electrons. The van der Waals surface area contributed by atoms with Crippen molar-refractivity contribution < 1.29 is 0 Å². The number of dihydropyridines is 1. The molecule has 0 unspecified atom stereocenters. The number of aromatic nitrogens is 3. The van der Waals surface area contributed by atoms with Crippen molar-refractivity contribution in [2.75, 3.05) is 18.4 Å². The van der Waals surface area contributed by atoms with E-state index in [-0.39, 0.29) is 0 Å². The largest absolute Gasteiger partial charge is 0.387 e. The van der Waals surface area contributed by atoms with E-state index in [1.165, 1.54) is 5.57 Å².